The standard InChI is InChI=1S/C20H17NO4/c1-2-23-18-8-14-10-21-4-3-12-7-19-20(25-11-24-19)9-15(12)16(21)5-13(14)6-17(18)22/h5-10H,2-4,11H2,1H3/p+1. The minimum Gasteiger partial charge on any atom is -0.504 e. The second-order valence-electron chi connectivity index (χ2n) is 6.35. The van der Waals surface area contributed by atoms with Gasteiger partial charge in [-0.15, -0.1) is 0 Å². The Labute approximate surface area is 145 Å². The van der Waals surface area contributed by atoms with E-state index in [1.54, 1.807) is 6.07 Å². The first-order valence-corrected chi connectivity index (χ1v) is 8.49. The van der Waals surface area contributed by atoms with Gasteiger partial charge in [0, 0.05) is 17.9 Å². The van der Waals surface area contributed by atoms with Gasteiger partial charge in [-0.25, -0.2) is 0 Å². The SMILES string of the molecule is CCOc1cc2c[n+]3c(cc2cc1O)-c1cc2c(cc1CC3)OCO2. The minimum absolute atomic E-state index is 0.168. The van der Waals surface area contributed by atoms with Crippen LogP contribution in [0.15, 0.2) is 36.5 Å². The van der Waals surface area contributed by atoms with Crippen LogP contribution in [0.25, 0.3) is 22.0 Å². The van der Waals surface area contributed by atoms with E-state index in [-0.39, 0.29) is 12.5 Å². The lowest BCUT2D eigenvalue weighted by Crippen LogP contribution is -2.39. The average molecular weight is 336 g/mol. The van der Waals surface area contributed by atoms with E-state index in [1.165, 1.54) is 5.56 Å². The number of aromatic hydroxyl groups is 1. The van der Waals surface area contributed by atoms with Crippen molar-refractivity contribution >= 4 is 10.8 Å². The minimum atomic E-state index is 0.168. The zero-order chi connectivity index (χ0) is 17.0. The molecule has 0 fully saturated rings. The molecule has 5 heteroatoms. The number of rotatable bonds is 2. The molecule has 0 bridgehead atoms. The molecule has 2 aliphatic rings. The number of hydrogen-bond donors (Lipinski definition) is 1. The van der Waals surface area contributed by atoms with Gasteiger partial charge in [-0.1, -0.05) is 0 Å². The molecule has 0 saturated heterocycles. The molecule has 0 atom stereocenters. The topological polar surface area (TPSA) is 51.8 Å². The number of fused-ring (bicyclic) bond motifs is 5. The number of aromatic nitrogens is 1. The molecule has 0 unspecified atom stereocenters. The summed E-state index contributed by atoms with van der Waals surface area (Å²) in [6, 6.07) is 9.92. The predicted molar refractivity (Wildman–Crippen MR) is 92.2 cm³/mol. The molecule has 0 saturated carbocycles. The van der Waals surface area contributed by atoms with Crippen molar-refractivity contribution in [2.24, 2.45) is 0 Å². The maximum absolute atomic E-state index is 10.2. The van der Waals surface area contributed by atoms with Crippen LogP contribution in [-0.2, 0) is 13.0 Å². The number of nitrogens with zero attached hydrogens (tertiary/aromatic N) is 1. The number of aryl methyl sites for hydroxylation is 2. The Hall–Kier alpha value is -2.95. The average Bonchev–Trinajstić information content (AvgIpc) is 3.07. The number of benzene rings is 2. The second kappa shape index (κ2) is 5.28. The number of phenolic OH excluding ortho intramolecular Hbond substituents is 1. The first-order chi connectivity index (χ1) is 12.2. The smallest absolute Gasteiger partial charge is 0.231 e. The highest BCUT2D eigenvalue weighted by molar-refractivity contribution is 5.87. The van der Waals surface area contributed by atoms with E-state index in [1.807, 2.05) is 13.0 Å². The molecule has 5 rings (SSSR count). The maximum atomic E-state index is 10.2. The van der Waals surface area contributed by atoms with Crippen LogP contribution in [0.1, 0.15) is 12.5 Å². The molecule has 1 N–H and O–H groups in total. The van der Waals surface area contributed by atoms with Crippen LogP contribution in [0.2, 0.25) is 0 Å². The molecule has 0 spiro atoms. The molecule has 5 nitrogen and oxygen atoms in total. The maximum Gasteiger partial charge on any atom is 0.231 e. The Kier molecular flexibility index (Phi) is 3.04. The molecule has 2 aliphatic heterocycles. The van der Waals surface area contributed by atoms with Crippen LogP contribution in [0.3, 0.4) is 0 Å². The highest BCUT2D eigenvalue weighted by Gasteiger charge is 2.27. The van der Waals surface area contributed by atoms with Crippen LogP contribution < -0.4 is 18.8 Å². The van der Waals surface area contributed by atoms with E-state index in [2.05, 4.69) is 29.0 Å². The van der Waals surface area contributed by atoms with E-state index in [9.17, 15) is 5.11 Å². The fourth-order valence-corrected chi connectivity index (χ4v) is 3.66. The van der Waals surface area contributed by atoms with Crippen molar-refractivity contribution < 1.29 is 23.9 Å². The molecule has 126 valence electrons. The van der Waals surface area contributed by atoms with Crippen molar-refractivity contribution in [3.8, 4) is 34.3 Å². The first-order valence-electron chi connectivity index (χ1n) is 8.49. The lowest BCUT2D eigenvalue weighted by molar-refractivity contribution is -0.686. The Bertz CT molecular complexity index is 1010. The van der Waals surface area contributed by atoms with Crippen molar-refractivity contribution in [2.75, 3.05) is 13.4 Å². The van der Waals surface area contributed by atoms with E-state index in [0.717, 1.165) is 46.5 Å². The summed E-state index contributed by atoms with van der Waals surface area (Å²) in [4.78, 5) is 0. The molecular weight excluding hydrogens is 318 g/mol. The molecule has 3 aromatic rings. The van der Waals surface area contributed by atoms with Gasteiger partial charge in [0.25, 0.3) is 0 Å². The number of ether oxygens (including phenoxy) is 3. The van der Waals surface area contributed by atoms with Gasteiger partial charge in [-0.05, 0) is 42.1 Å². The molecule has 0 radical (unpaired) electrons. The van der Waals surface area contributed by atoms with Gasteiger partial charge in [0.15, 0.2) is 35.7 Å². The summed E-state index contributed by atoms with van der Waals surface area (Å²) >= 11 is 0. The lowest BCUT2D eigenvalue weighted by atomic mass is 9.95. The highest BCUT2D eigenvalue weighted by atomic mass is 16.7. The fraction of sp³-hybridized carbons (Fsp3) is 0.250. The normalized spacial score (nSPS) is 14.3. The monoisotopic (exact) mass is 336 g/mol. The Balaban J connectivity index is 1.70. The van der Waals surface area contributed by atoms with Gasteiger partial charge in [0.2, 0.25) is 12.5 Å². The van der Waals surface area contributed by atoms with Crippen molar-refractivity contribution in [1.29, 1.82) is 0 Å². The van der Waals surface area contributed by atoms with Gasteiger partial charge in [-0.3, -0.25) is 0 Å². The zero-order valence-corrected chi connectivity index (χ0v) is 13.9. The molecule has 0 amide bonds. The Morgan fingerprint density at radius 3 is 2.76 bits per heavy atom. The van der Waals surface area contributed by atoms with Crippen LogP contribution in [-0.4, -0.2) is 18.5 Å². The highest BCUT2D eigenvalue weighted by Crippen LogP contribution is 2.40. The van der Waals surface area contributed by atoms with Gasteiger partial charge in [0.1, 0.15) is 0 Å². The van der Waals surface area contributed by atoms with Gasteiger partial charge < -0.3 is 19.3 Å². The summed E-state index contributed by atoms with van der Waals surface area (Å²) in [5, 5.41) is 12.2. The lowest BCUT2D eigenvalue weighted by Gasteiger charge is -2.16. The Morgan fingerprint density at radius 1 is 1.08 bits per heavy atom. The van der Waals surface area contributed by atoms with Crippen LogP contribution in [0.5, 0.6) is 23.0 Å². The fourth-order valence-electron chi connectivity index (χ4n) is 3.66. The van der Waals surface area contributed by atoms with Crippen molar-refractivity contribution in [3.05, 3.63) is 42.1 Å². The third-order valence-electron chi connectivity index (χ3n) is 4.86. The molecule has 25 heavy (non-hydrogen) atoms. The molecule has 3 heterocycles. The van der Waals surface area contributed by atoms with Crippen LogP contribution in [0, 0.1) is 0 Å². The molecular formula is C20H18NO4+. The summed E-state index contributed by atoms with van der Waals surface area (Å²) in [5.74, 6) is 2.31. The van der Waals surface area contributed by atoms with Crippen LogP contribution >= 0.6 is 0 Å². The van der Waals surface area contributed by atoms with E-state index in [4.69, 9.17) is 14.2 Å². The van der Waals surface area contributed by atoms with Crippen molar-refractivity contribution in [2.45, 2.75) is 19.9 Å². The van der Waals surface area contributed by atoms with Crippen molar-refractivity contribution in [1.82, 2.24) is 0 Å². The largest absolute Gasteiger partial charge is 0.504 e. The summed E-state index contributed by atoms with van der Waals surface area (Å²) in [6.45, 7) is 3.62. The Morgan fingerprint density at radius 2 is 1.92 bits per heavy atom. The van der Waals surface area contributed by atoms with Gasteiger partial charge >= 0.3 is 0 Å². The summed E-state index contributed by atoms with van der Waals surface area (Å²) < 4.78 is 18.8. The van der Waals surface area contributed by atoms with E-state index < -0.39 is 0 Å². The third-order valence-corrected chi connectivity index (χ3v) is 4.86. The first kappa shape index (κ1) is 14.4. The number of pyridine rings is 1. The second-order valence-corrected chi connectivity index (χ2v) is 6.35. The quantitative estimate of drug-likeness (QED) is 0.730. The number of hydrogen-bond acceptors (Lipinski definition) is 4. The summed E-state index contributed by atoms with van der Waals surface area (Å²) in [6.07, 6.45) is 3.08. The third kappa shape index (κ3) is 2.19. The zero-order valence-electron chi connectivity index (χ0n) is 13.9. The van der Waals surface area contributed by atoms with Gasteiger partial charge in [-0.2, -0.15) is 4.57 Å². The van der Waals surface area contributed by atoms with E-state index in [0.29, 0.717) is 12.4 Å². The van der Waals surface area contributed by atoms with Crippen molar-refractivity contribution in [3.63, 3.8) is 0 Å². The number of phenols is 1. The van der Waals surface area contributed by atoms with Gasteiger partial charge in [0.05, 0.1) is 12.2 Å². The van der Waals surface area contributed by atoms with E-state index >= 15 is 0 Å². The molecule has 2 aromatic carbocycles. The summed E-state index contributed by atoms with van der Waals surface area (Å²) in [7, 11) is 0. The molecule has 0 aliphatic carbocycles. The van der Waals surface area contributed by atoms with Crippen LogP contribution in [0.4, 0.5) is 0 Å². The summed E-state index contributed by atoms with van der Waals surface area (Å²) in [5.41, 5.74) is 3.54. The molecule has 1 aromatic heterocycles. The predicted octanol–water partition coefficient (Wildman–Crippen LogP) is 3.18.